The summed E-state index contributed by atoms with van der Waals surface area (Å²) in [5, 5.41) is 12.6. The molecule has 0 amide bonds. The highest BCUT2D eigenvalue weighted by Gasteiger charge is 2.44. The van der Waals surface area contributed by atoms with E-state index in [-0.39, 0.29) is 0 Å². The second-order valence-corrected chi connectivity index (χ2v) is 4.65. The van der Waals surface area contributed by atoms with E-state index in [1.165, 1.54) is 0 Å². The van der Waals surface area contributed by atoms with Crippen molar-refractivity contribution in [2.45, 2.75) is 37.3 Å². The van der Waals surface area contributed by atoms with E-state index >= 15 is 0 Å². The van der Waals surface area contributed by atoms with Crippen LogP contribution in [0, 0.1) is 0 Å². The van der Waals surface area contributed by atoms with Crippen molar-refractivity contribution < 1.29 is 9.90 Å². The number of hydrogen-bond donors (Lipinski definition) is 2. The maximum atomic E-state index is 11.3. The Morgan fingerprint density at radius 1 is 1.57 bits per heavy atom. The highest BCUT2D eigenvalue weighted by atomic mass is 16.4. The zero-order valence-electron chi connectivity index (χ0n) is 8.62. The van der Waals surface area contributed by atoms with Gasteiger partial charge in [0, 0.05) is 12.6 Å². The molecule has 0 bridgehead atoms. The summed E-state index contributed by atoms with van der Waals surface area (Å²) < 4.78 is 0. The molecule has 1 aliphatic carbocycles. The van der Waals surface area contributed by atoms with Gasteiger partial charge in [-0.1, -0.05) is 0 Å². The molecule has 0 aromatic heterocycles. The van der Waals surface area contributed by atoms with E-state index in [0.717, 1.165) is 32.2 Å². The van der Waals surface area contributed by atoms with Gasteiger partial charge in [0.25, 0.3) is 0 Å². The molecular weight excluding hydrogens is 180 g/mol. The van der Waals surface area contributed by atoms with Gasteiger partial charge in [0.15, 0.2) is 0 Å². The number of hydrogen-bond acceptors (Lipinski definition) is 3. The molecule has 80 valence electrons. The van der Waals surface area contributed by atoms with E-state index in [4.69, 9.17) is 0 Å². The summed E-state index contributed by atoms with van der Waals surface area (Å²) in [7, 11) is 1.99. The van der Waals surface area contributed by atoms with Crippen LogP contribution in [0.15, 0.2) is 0 Å². The van der Waals surface area contributed by atoms with Gasteiger partial charge in [-0.2, -0.15) is 0 Å². The molecule has 2 rings (SSSR count). The molecule has 0 spiro atoms. The lowest BCUT2D eigenvalue weighted by molar-refractivity contribution is -0.147. The zero-order chi connectivity index (χ0) is 10.2. The van der Waals surface area contributed by atoms with Crippen LogP contribution in [0.2, 0.25) is 0 Å². The van der Waals surface area contributed by atoms with E-state index < -0.39 is 11.5 Å². The summed E-state index contributed by atoms with van der Waals surface area (Å²) in [6.45, 7) is 1.65. The maximum absolute atomic E-state index is 11.3. The fourth-order valence-corrected chi connectivity index (χ4v) is 2.24. The minimum Gasteiger partial charge on any atom is -0.480 e. The second kappa shape index (κ2) is 3.51. The standard InChI is InChI=1S/C10H18N2O2/c1-12-6-2-5-10(7-12,9(13)14)11-8-3-4-8/h8,11H,2-7H2,1H3,(H,13,14). The van der Waals surface area contributed by atoms with Gasteiger partial charge in [-0.25, -0.2) is 0 Å². The van der Waals surface area contributed by atoms with Crippen molar-refractivity contribution in [3.63, 3.8) is 0 Å². The molecule has 1 aliphatic heterocycles. The third kappa shape index (κ3) is 1.91. The monoisotopic (exact) mass is 198 g/mol. The quantitative estimate of drug-likeness (QED) is 0.684. The minimum atomic E-state index is -0.684. The molecule has 1 saturated heterocycles. The van der Waals surface area contributed by atoms with Crippen molar-refractivity contribution in [3.05, 3.63) is 0 Å². The largest absolute Gasteiger partial charge is 0.480 e. The molecule has 0 aromatic carbocycles. The maximum Gasteiger partial charge on any atom is 0.325 e. The Balaban J connectivity index is 2.06. The Bertz CT molecular complexity index is 236. The van der Waals surface area contributed by atoms with Crippen LogP contribution in [-0.2, 0) is 4.79 Å². The molecule has 14 heavy (non-hydrogen) atoms. The van der Waals surface area contributed by atoms with Crippen LogP contribution in [0.4, 0.5) is 0 Å². The van der Waals surface area contributed by atoms with Crippen molar-refractivity contribution in [2.75, 3.05) is 20.1 Å². The fourth-order valence-electron chi connectivity index (χ4n) is 2.24. The number of piperidine rings is 1. The summed E-state index contributed by atoms with van der Waals surface area (Å²) >= 11 is 0. The predicted octanol–water partition coefficient (Wildman–Crippen LogP) is 0.287. The molecule has 2 N–H and O–H groups in total. The molecule has 1 atom stereocenters. The van der Waals surface area contributed by atoms with Crippen LogP contribution in [0.1, 0.15) is 25.7 Å². The third-order valence-electron chi connectivity index (χ3n) is 3.15. The molecule has 0 aromatic rings. The summed E-state index contributed by atoms with van der Waals surface area (Å²) in [5.74, 6) is -0.684. The number of nitrogens with zero attached hydrogens (tertiary/aromatic N) is 1. The van der Waals surface area contributed by atoms with Crippen molar-refractivity contribution in [1.29, 1.82) is 0 Å². The van der Waals surface area contributed by atoms with E-state index in [2.05, 4.69) is 10.2 Å². The summed E-state index contributed by atoms with van der Waals surface area (Å²) in [5.41, 5.74) is -0.672. The first-order valence-corrected chi connectivity index (χ1v) is 5.32. The summed E-state index contributed by atoms with van der Waals surface area (Å²) in [6.07, 6.45) is 4.02. The number of aliphatic carboxylic acids is 1. The average molecular weight is 198 g/mol. The summed E-state index contributed by atoms with van der Waals surface area (Å²) in [4.78, 5) is 13.4. The molecule has 1 unspecified atom stereocenters. The van der Waals surface area contributed by atoms with Crippen LogP contribution in [0.3, 0.4) is 0 Å². The molecular formula is C10H18N2O2. The third-order valence-corrected chi connectivity index (χ3v) is 3.15. The zero-order valence-corrected chi connectivity index (χ0v) is 8.62. The lowest BCUT2D eigenvalue weighted by Crippen LogP contribution is -2.61. The van der Waals surface area contributed by atoms with Crippen molar-refractivity contribution >= 4 is 5.97 Å². The molecule has 4 heteroatoms. The first-order chi connectivity index (χ1) is 6.62. The first kappa shape index (κ1) is 9.93. The topological polar surface area (TPSA) is 52.6 Å². The Morgan fingerprint density at radius 3 is 2.79 bits per heavy atom. The Labute approximate surface area is 84.3 Å². The van der Waals surface area contributed by atoms with Crippen LogP contribution in [0.25, 0.3) is 0 Å². The number of carboxylic acids is 1. The number of carboxylic acid groups (broad SMARTS) is 1. The summed E-state index contributed by atoms with van der Waals surface area (Å²) in [6, 6.07) is 0.456. The second-order valence-electron chi connectivity index (χ2n) is 4.65. The molecule has 4 nitrogen and oxygen atoms in total. The molecule has 1 heterocycles. The molecule has 0 radical (unpaired) electrons. The van der Waals surface area contributed by atoms with Gasteiger partial charge < -0.3 is 10.0 Å². The van der Waals surface area contributed by atoms with Gasteiger partial charge in [-0.15, -0.1) is 0 Å². The molecule has 2 fully saturated rings. The predicted molar refractivity (Wildman–Crippen MR) is 53.3 cm³/mol. The van der Waals surface area contributed by atoms with E-state index in [9.17, 15) is 9.90 Å². The van der Waals surface area contributed by atoms with Gasteiger partial charge in [0.05, 0.1) is 0 Å². The number of nitrogens with one attached hydrogen (secondary N) is 1. The Morgan fingerprint density at radius 2 is 2.29 bits per heavy atom. The van der Waals surface area contributed by atoms with Crippen LogP contribution >= 0.6 is 0 Å². The normalized spacial score (nSPS) is 34.4. The van der Waals surface area contributed by atoms with Gasteiger partial charge in [-0.3, -0.25) is 10.1 Å². The smallest absolute Gasteiger partial charge is 0.325 e. The SMILES string of the molecule is CN1CCCC(NC2CC2)(C(=O)O)C1. The highest BCUT2D eigenvalue weighted by Crippen LogP contribution is 2.28. The van der Waals surface area contributed by atoms with Gasteiger partial charge in [0.1, 0.15) is 5.54 Å². The van der Waals surface area contributed by atoms with Crippen LogP contribution in [-0.4, -0.2) is 47.7 Å². The van der Waals surface area contributed by atoms with Gasteiger partial charge in [-0.05, 0) is 39.3 Å². The Kier molecular flexibility index (Phi) is 2.49. The minimum absolute atomic E-state index is 0.456. The highest BCUT2D eigenvalue weighted by molar-refractivity contribution is 5.79. The van der Waals surface area contributed by atoms with Crippen molar-refractivity contribution in [2.24, 2.45) is 0 Å². The van der Waals surface area contributed by atoms with Gasteiger partial charge >= 0.3 is 5.97 Å². The number of likely N-dealkylation sites (N-methyl/N-ethyl adjacent to an activating group) is 1. The lowest BCUT2D eigenvalue weighted by Gasteiger charge is -2.39. The number of rotatable bonds is 3. The van der Waals surface area contributed by atoms with E-state index in [1.807, 2.05) is 7.05 Å². The fraction of sp³-hybridized carbons (Fsp3) is 0.900. The average Bonchev–Trinajstić information content (AvgIpc) is 2.88. The molecule has 1 saturated carbocycles. The van der Waals surface area contributed by atoms with Crippen LogP contribution in [0.5, 0.6) is 0 Å². The van der Waals surface area contributed by atoms with E-state index in [0.29, 0.717) is 12.6 Å². The molecule has 2 aliphatic rings. The number of likely N-dealkylation sites (tertiary alicyclic amines) is 1. The first-order valence-electron chi connectivity index (χ1n) is 5.32. The van der Waals surface area contributed by atoms with Gasteiger partial charge in [0.2, 0.25) is 0 Å². The van der Waals surface area contributed by atoms with Crippen molar-refractivity contribution in [3.8, 4) is 0 Å². The van der Waals surface area contributed by atoms with E-state index in [1.54, 1.807) is 0 Å². The Hall–Kier alpha value is -0.610. The number of carbonyl (C=O) groups is 1. The van der Waals surface area contributed by atoms with Crippen molar-refractivity contribution in [1.82, 2.24) is 10.2 Å². The lowest BCUT2D eigenvalue weighted by atomic mass is 9.89. The van der Waals surface area contributed by atoms with Crippen LogP contribution < -0.4 is 5.32 Å².